The molecule has 1 aliphatic heterocycles. The van der Waals surface area contributed by atoms with Crippen LogP contribution in [0.25, 0.3) is 11.1 Å². The molecule has 0 fully saturated rings. The van der Waals surface area contributed by atoms with Crippen LogP contribution in [-0.4, -0.2) is 19.7 Å². The molecule has 0 radical (unpaired) electrons. The van der Waals surface area contributed by atoms with Crippen molar-refractivity contribution < 1.29 is 19.0 Å². The number of fused-ring (bicyclic) bond motifs is 2. The van der Waals surface area contributed by atoms with Crippen LogP contribution < -0.4 is 9.47 Å². The normalized spacial score (nSPS) is 18.6. The molecule has 3 aromatic carbocycles. The summed E-state index contributed by atoms with van der Waals surface area (Å²) < 4.78 is 17.1. The number of esters is 1. The maximum atomic E-state index is 11.7. The summed E-state index contributed by atoms with van der Waals surface area (Å²) >= 11 is 0. The monoisotopic (exact) mass is 428 g/mol. The second-order valence-corrected chi connectivity index (χ2v) is 8.77. The molecule has 3 aromatic rings. The molecule has 0 spiro atoms. The van der Waals surface area contributed by atoms with Crippen LogP contribution in [0, 0.1) is 13.8 Å². The van der Waals surface area contributed by atoms with Gasteiger partial charge in [-0.1, -0.05) is 42.5 Å². The number of benzene rings is 3. The lowest BCUT2D eigenvalue weighted by Gasteiger charge is -2.18. The molecule has 0 amide bonds. The number of carbonyl (C=O) groups is 1. The number of ether oxygens (including phenoxy) is 3. The third-order valence-corrected chi connectivity index (χ3v) is 6.75. The van der Waals surface area contributed by atoms with Gasteiger partial charge in [0, 0.05) is 17.5 Å². The van der Waals surface area contributed by atoms with Crippen LogP contribution in [0.4, 0.5) is 0 Å². The second-order valence-electron chi connectivity index (χ2n) is 8.77. The largest absolute Gasteiger partial charge is 0.492 e. The fourth-order valence-corrected chi connectivity index (χ4v) is 5.16. The van der Waals surface area contributed by atoms with E-state index in [4.69, 9.17) is 14.2 Å². The first-order valence-electron chi connectivity index (χ1n) is 11.2. The van der Waals surface area contributed by atoms with Crippen LogP contribution in [0.15, 0.2) is 54.6 Å². The second kappa shape index (κ2) is 8.34. The summed E-state index contributed by atoms with van der Waals surface area (Å²) in [6, 6.07) is 19.0. The number of rotatable bonds is 5. The highest BCUT2D eigenvalue weighted by atomic mass is 16.5. The highest BCUT2D eigenvalue weighted by molar-refractivity contribution is 5.75. The van der Waals surface area contributed by atoms with Crippen LogP contribution in [0.3, 0.4) is 0 Å². The van der Waals surface area contributed by atoms with Gasteiger partial charge in [0.25, 0.3) is 0 Å². The van der Waals surface area contributed by atoms with E-state index < -0.39 is 0 Å². The zero-order valence-electron chi connectivity index (χ0n) is 18.8. The number of carbonyl (C=O) groups excluding carboxylic acids is 1. The quantitative estimate of drug-likeness (QED) is 0.462. The Morgan fingerprint density at radius 1 is 1.03 bits per heavy atom. The van der Waals surface area contributed by atoms with E-state index in [9.17, 15) is 4.79 Å². The Balaban J connectivity index is 1.39. The van der Waals surface area contributed by atoms with E-state index in [1.807, 2.05) is 18.2 Å². The Kier molecular flexibility index (Phi) is 5.38. The van der Waals surface area contributed by atoms with Gasteiger partial charge in [-0.05, 0) is 66.1 Å². The minimum Gasteiger partial charge on any atom is -0.492 e. The van der Waals surface area contributed by atoms with Crippen LogP contribution in [0.2, 0.25) is 0 Å². The number of methoxy groups -OCH3 is 1. The zero-order chi connectivity index (χ0) is 22.2. The topological polar surface area (TPSA) is 44.8 Å². The van der Waals surface area contributed by atoms with Crippen molar-refractivity contribution in [1.29, 1.82) is 0 Å². The average Bonchev–Trinajstić information content (AvgIpc) is 3.38. The summed E-state index contributed by atoms with van der Waals surface area (Å²) in [5.41, 5.74) is 8.99. The molecule has 164 valence electrons. The predicted molar refractivity (Wildman–Crippen MR) is 124 cm³/mol. The van der Waals surface area contributed by atoms with Crippen molar-refractivity contribution in [3.8, 4) is 22.6 Å². The van der Waals surface area contributed by atoms with Crippen molar-refractivity contribution in [3.63, 3.8) is 0 Å². The molecule has 0 saturated heterocycles. The molecule has 5 rings (SSSR count). The van der Waals surface area contributed by atoms with Crippen molar-refractivity contribution in [2.75, 3.05) is 13.7 Å². The summed E-state index contributed by atoms with van der Waals surface area (Å²) in [4.78, 5) is 11.7. The van der Waals surface area contributed by atoms with E-state index in [1.165, 1.54) is 40.5 Å². The Labute approximate surface area is 189 Å². The molecule has 2 atom stereocenters. The Morgan fingerprint density at radius 3 is 2.59 bits per heavy atom. The Bertz CT molecular complexity index is 1160. The predicted octanol–water partition coefficient (Wildman–Crippen LogP) is 6.08. The van der Waals surface area contributed by atoms with Gasteiger partial charge in [-0.25, -0.2) is 0 Å². The molecular formula is C28H28O4. The van der Waals surface area contributed by atoms with Crippen molar-refractivity contribution in [3.05, 3.63) is 82.4 Å². The van der Waals surface area contributed by atoms with Crippen LogP contribution in [0.1, 0.15) is 52.7 Å². The maximum Gasteiger partial charge on any atom is 0.306 e. The molecule has 0 aromatic heterocycles. The Hall–Kier alpha value is -3.27. The highest BCUT2D eigenvalue weighted by Crippen LogP contribution is 2.43. The van der Waals surface area contributed by atoms with E-state index in [0.29, 0.717) is 13.0 Å². The van der Waals surface area contributed by atoms with E-state index in [-0.39, 0.29) is 18.0 Å². The fourth-order valence-electron chi connectivity index (χ4n) is 5.16. The van der Waals surface area contributed by atoms with Gasteiger partial charge in [0.2, 0.25) is 0 Å². The third-order valence-electron chi connectivity index (χ3n) is 6.75. The minimum absolute atomic E-state index is 0.0274. The molecule has 2 unspecified atom stereocenters. The number of aryl methyl sites for hydroxylation is 2. The molecule has 4 nitrogen and oxygen atoms in total. The first kappa shape index (κ1) is 20.6. The zero-order valence-corrected chi connectivity index (χ0v) is 18.8. The Morgan fingerprint density at radius 2 is 1.81 bits per heavy atom. The highest BCUT2D eigenvalue weighted by Gasteiger charge is 2.30. The van der Waals surface area contributed by atoms with Crippen LogP contribution >= 0.6 is 0 Å². The summed E-state index contributed by atoms with van der Waals surface area (Å²) in [6.07, 6.45) is 2.33. The molecule has 2 aliphatic rings. The van der Waals surface area contributed by atoms with Gasteiger partial charge < -0.3 is 14.2 Å². The standard InChI is InChI=1S/C28H28O4/c1-17-6-4-7-18(2)28(17)24-9-5-8-23-22(24)12-13-25(23)32-20-10-11-21-19(14-27(29)30-3)16-31-26(21)15-20/h4-11,15,19,25H,12-14,16H2,1-3H3. The van der Waals surface area contributed by atoms with E-state index in [2.05, 4.69) is 50.2 Å². The van der Waals surface area contributed by atoms with E-state index >= 15 is 0 Å². The van der Waals surface area contributed by atoms with Gasteiger partial charge in [0.1, 0.15) is 17.6 Å². The van der Waals surface area contributed by atoms with Gasteiger partial charge in [-0.2, -0.15) is 0 Å². The lowest BCUT2D eigenvalue weighted by atomic mass is 9.91. The lowest BCUT2D eigenvalue weighted by molar-refractivity contribution is -0.141. The van der Waals surface area contributed by atoms with E-state index in [1.54, 1.807) is 0 Å². The summed E-state index contributed by atoms with van der Waals surface area (Å²) in [5.74, 6) is 1.43. The van der Waals surface area contributed by atoms with E-state index in [0.717, 1.165) is 29.9 Å². The molecular weight excluding hydrogens is 400 g/mol. The van der Waals surface area contributed by atoms with Gasteiger partial charge in [0.05, 0.1) is 20.1 Å². The minimum atomic E-state index is -0.214. The van der Waals surface area contributed by atoms with Gasteiger partial charge in [-0.15, -0.1) is 0 Å². The molecule has 1 aliphatic carbocycles. The summed E-state index contributed by atoms with van der Waals surface area (Å²) in [6.45, 7) is 4.87. The van der Waals surface area contributed by atoms with Gasteiger partial charge in [-0.3, -0.25) is 4.79 Å². The van der Waals surface area contributed by atoms with Crippen LogP contribution in [0.5, 0.6) is 11.5 Å². The first-order chi connectivity index (χ1) is 15.5. The third kappa shape index (κ3) is 3.64. The molecule has 0 bridgehead atoms. The summed E-state index contributed by atoms with van der Waals surface area (Å²) in [7, 11) is 1.42. The van der Waals surface area contributed by atoms with Gasteiger partial charge >= 0.3 is 5.97 Å². The van der Waals surface area contributed by atoms with Crippen molar-refractivity contribution in [2.24, 2.45) is 0 Å². The SMILES string of the molecule is COC(=O)CC1COc2cc(OC3CCc4c(-c5c(C)cccc5C)cccc43)ccc21. The average molecular weight is 429 g/mol. The fraction of sp³-hybridized carbons (Fsp3) is 0.321. The summed E-state index contributed by atoms with van der Waals surface area (Å²) in [5, 5.41) is 0. The molecule has 1 heterocycles. The lowest BCUT2D eigenvalue weighted by Crippen LogP contribution is -2.09. The van der Waals surface area contributed by atoms with Gasteiger partial charge in [0.15, 0.2) is 0 Å². The maximum absolute atomic E-state index is 11.7. The van der Waals surface area contributed by atoms with Crippen LogP contribution in [-0.2, 0) is 16.0 Å². The van der Waals surface area contributed by atoms with Crippen molar-refractivity contribution in [2.45, 2.75) is 45.1 Å². The first-order valence-corrected chi connectivity index (χ1v) is 11.2. The smallest absolute Gasteiger partial charge is 0.306 e. The molecule has 0 N–H and O–H groups in total. The van der Waals surface area contributed by atoms with Crippen molar-refractivity contribution >= 4 is 5.97 Å². The molecule has 0 saturated carbocycles. The molecule has 32 heavy (non-hydrogen) atoms. The molecule has 4 heteroatoms. The number of hydrogen-bond acceptors (Lipinski definition) is 4. The van der Waals surface area contributed by atoms with Crippen molar-refractivity contribution in [1.82, 2.24) is 0 Å². The number of hydrogen-bond donors (Lipinski definition) is 0.